The summed E-state index contributed by atoms with van der Waals surface area (Å²) in [6, 6.07) is 90.9. The van der Waals surface area contributed by atoms with Crippen LogP contribution in [-0.2, 0) is 0 Å². The average molecular weight is 832 g/mol. The molecule has 0 unspecified atom stereocenters. The van der Waals surface area contributed by atoms with E-state index in [4.69, 9.17) is 0 Å². The second-order valence-electron chi connectivity index (χ2n) is 16.4. The second-order valence-corrected chi connectivity index (χ2v) is 17.5. The summed E-state index contributed by atoms with van der Waals surface area (Å²) >= 11 is 1.87. The molecule has 0 bridgehead atoms. The van der Waals surface area contributed by atoms with Crippen LogP contribution in [0.4, 0.5) is 17.1 Å². The molecule has 0 saturated heterocycles. The first kappa shape index (κ1) is 37.7. The van der Waals surface area contributed by atoms with Crippen molar-refractivity contribution < 1.29 is 0 Å². The Labute approximate surface area is 377 Å². The zero-order valence-electron chi connectivity index (χ0n) is 35.0. The molecule has 0 aliphatic heterocycles. The average Bonchev–Trinajstić information content (AvgIpc) is 3.76. The van der Waals surface area contributed by atoms with E-state index in [0.717, 1.165) is 11.4 Å². The van der Waals surface area contributed by atoms with Gasteiger partial charge >= 0.3 is 0 Å². The molecule has 0 N–H and O–H groups in total. The van der Waals surface area contributed by atoms with Crippen LogP contribution in [0.5, 0.6) is 0 Å². The van der Waals surface area contributed by atoms with E-state index >= 15 is 0 Å². The van der Waals surface area contributed by atoms with Crippen LogP contribution in [0, 0.1) is 0 Å². The highest BCUT2D eigenvalue weighted by Crippen LogP contribution is 2.48. The fourth-order valence-electron chi connectivity index (χ4n) is 9.63. The van der Waals surface area contributed by atoms with Crippen molar-refractivity contribution in [1.82, 2.24) is 0 Å². The minimum atomic E-state index is 1.10. The van der Waals surface area contributed by atoms with Gasteiger partial charge in [0.25, 0.3) is 0 Å². The van der Waals surface area contributed by atoms with Gasteiger partial charge < -0.3 is 4.90 Å². The van der Waals surface area contributed by atoms with Gasteiger partial charge in [0, 0.05) is 26.8 Å². The first-order chi connectivity index (χ1) is 31.7. The zero-order valence-corrected chi connectivity index (χ0v) is 35.8. The molecule has 11 aromatic carbocycles. The molecule has 0 saturated carbocycles. The normalized spacial score (nSPS) is 11.4. The molecule has 0 aliphatic carbocycles. The van der Waals surface area contributed by atoms with Gasteiger partial charge in [-0.3, -0.25) is 0 Å². The van der Waals surface area contributed by atoms with E-state index in [9.17, 15) is 0 Å². The molecular formula is C62H41NS. The molecule has 64 heavy (non-hydrogen) atoms. The van der Waals surface area contributed by atoms with Crippen LogP contribution in [0.3, 0.4) is 0 Å². The van der Waals surface area contributed by atoms with E-state index in [2.05, 4.69) is 254 Å². The Balaban J connectivity index is 1.01. The van der Waals surface area contributed by atoms with Crippen molar-refractivity contribution in [2.45, 2.75) is 0 Å². The third-order valence-electron chi connectivity index (χ3n) is 12.7. The van der Waals surface area contributed by atoms with Gasteiger partial charge in [0.2, 0.25) is 0 Å². The van der Waals surface area contributed by atoms with Gasteiger partial charge in [0.1, 0.15) is 0 Å². The fourth-order valence-corrected chi connectivity index (χ4v) is 10.8. The Bertz CT molecular complexity index is 3630. The van der Waals surface area contributed by atoms with Crippen molar-refractivity contribution >= 4 is 70.1 Å². The summed E-state index contributed by atoms with van der Waals surface area (Å²) in [6.07, 6.45) is 0. The minimum absolute atomic E-state index is 1.10. The lowest BCUT2D eigenvalue weighted by Crippen LogP contribution is -2.10. The number of rotatable bonds is 8. The van der Waals surface area contributed by atoms with E-state index in [1.165, 1.54) is 103 Å². The number of benzene rings is 11. The Morgan fingerprint density at radius 3 is 1.53 bits per heavy atom. The monoisotopic (exact) mass is 831 g/mol. The summed E-state index contributed by atoms with van der Waals surface area (Å²) in [5, 5.41) is 7.52. The standard InChI is InChI=1S/C62H41NS/c1-4-16-43(17-5-1)52-26-14-23-45-30-31-48(40-56(45)52)42-32-36-50(37-33-42)63(58-28-15-27-55-54-25-12-13-29-59(54)64-62(55)58)51-38-34-47(35-39-51)60-53-24-11-10-22-49(53)41-57(44-18-6-2-7-19-44)61(60)46-20-8-3-9-21-46/h1-41H. The zero-order chi connectivity index (χ0) is 42.4. The Morgan fingerprint density at radius 1 is 0.281 bits per heavy atom. The molecule has 0 amide bonds. The van der Waals surface area contributed by atoms with Crippen molar-refractivity contribution in [2.75, 3.05) is 4.90 Å². The number of anilines is 3. The Morgan fingerprint density at radius 2 is 0.812 bits per heavy atom. The fraction of sp³-hybridized carbons (Fsp3) is 0. The maximum atomic E-state index is 2.44. The molecule has 0 radical (unpaired) electrons. The third kappa shape index (κ3) is 6.64. The van der Waals surface area contributed by atoms with Gasteiger partial charge in [0.05, 0.1) is 10.4 Å². The van der Waals surface area contributed by atoms with Gasteiger partial charge in [-0.05, 0) is 126 Å². The molecule has 0 aliphatic rings. The van der Waals surface area contributed by atoms with E-state index in [-0.39, 0.29) is 0 Å². The quantitative estimate of drug-likeness (QED) is 0.147. The number of thiophene rings is 1. The van der Waals surface area contributed by atoms with E-state index in [0.29, 0.717) is 0 Å². The smallest absolute Gasteiger partial charge is 0.0640 e. The highest BCUT2D eigenvalue weighted by atomic mass is 32.1. The number of nitrogens with zero attached hydrogens (tertiary/aromatic N) is 1. The molecule has 12 rings (SSSR count). The largest absolute Gasteiger partial charge is 0.309 e. The molecule has 12 aromatic rings. The Kier molecular flexibility index (Phi) is 9.43. The van der Waals surface area contributed by atoms with Crippen molar-refractivity contribution in [1.29, 1.82) is 0 Å². The van der Waals surface area contributed by atoms with Crippen molar-refractivity contribution in [3.63, 3.8) is 0 Å². The summed E-state index contributed by atoms with van der Waals surface area (Å²) in [5.74, 6) is 0. The highest BCUT2D eigenvalue weighted by molar-refractivity contribution is 7.26. The lowest BCUT2D eigenvalue weighted by atomic mass is 9.84. The predicted octanol–water partition coefficient (Wildman–Crippen LogP) is 18.2. The van der Waals surface area contributed by atoms with Crippen LogP contribution in [-0.4, -0.2) is 0 Å². The molecular weight excluding hydrogens is 791 g/mol. The van der Waals surface area contributed by atoms with Crippen molar-refractivity contribution in [3.05, 3.63) is 249 Å². The van der Waals surface area contributed by atoms with Gasteiger partial charge in [-0.1, -0.05) is 200 Å². The summed E-state index contributed by atoms with van der Waals surface area (Å²) < 4.78 is 2.56. The third-order valence-corrected chi connectivity index (χ3v) is 13.9. The van der Waals surface area contributed by atoms with Crippen molar-refractivity contribution in [2.24, 2.45) is 0 Å². The highest BCUT2D eigenvalue weighted by Gasteiger charge is 2.21. The summed E-state index contributed by atoms with van der Waals surface area (Å²) in [6.45, 7) is 0. The maximum Gasteiger partial charge on any atom is 0.0640 e. The molecule has 2 heteroatoms. The van der Waals surface area contributed by atoms with Gasteiger partial charge in [0.15, 0.2) is 0 Å². The maximum absolute atomic E-state index is 2.44. The van der Waals surface area contributed by atoms with Gasteiger partial charge in [-0.25, -0.2) is 0 Å². The molecule has 0 atom stereocenters. The Hall–Kier alpha value is -8.04. The molecule has 1 nitrogen and oxygen atoms in total. The molecule has 0 fully saturated rings. The molecule has 1 aromatic heterocycles. The number of fused-ring (bicyclic) bond motifs is 5. The van der Waals surface area contributed by atoms with Crippen LogP contribution in [0.25, 0.3) is 97.4 Å². The SMILES string of the molecule is c1ccc(-c2cc3ccccc3c(-c3ccc(N(c4ccc(-c5ccc6cccc(-c7ccccc7)c6c5)cc4)c4cccc5c4sc4ccccc45)cc3)c2-c2ccccc2)cc1. The first-order valence-corrected chi connectivity index (χ1v) is 22.7. The second kappa shape index (κ2) is 16.0. The molecule has 1 heterocycles. The van der Waals surface area contributed by atoms with E-state index in [1.54, 1.807) is 0 Å². The molecule has 300 valence electrons. The lowest BCUT2D eigenvalue weighted by Gasteiger charge is -2.27. The number of hydrogen-bond donors (Lipinski definition) is 0. The van der Waals surface area contributed by atoms with Crippen LogP contribution in [0.2, 0.25) is 0 Å². The van der Waals surface area contributed by atoms with E-state index < -0.39 is 0 Å². The first-order valence-electron chi connectivity index (χ1n) is 21.9. The summed E-state index contributed by atoms with van der Waals surface area (Å²) in [5.41, 5.74) is 15.5. The van der Waals surface area contributed by atoms with Crippen LogP contribution in [0.1, 0.15) is 0 Å². The summed E-state index contributed by atoms with van der Waals surface area (Å²) in [7, 11) is 0. The topological polar surface area (TPSA) is 3.24 Å². The van der Waals surface area contributed by atoms with Gasteiger partial charge in [-0.2, -0.15) is 0 Å². The van der Waals surface area contributed by atoms with Crippen LogP contribution in [0.15, 0.2) is 249 Å². The molecule has 0 spiro atoms. The van der Waals surface area contributed by atoms with Crippen molar-refractivity contribution in [3.8, 4) is 55.6 Å². The number of hydrogen-bond acceptors (Lipinski definition) is 2. The van der Waals surface area contributed by atoms with Crippen LogP contribution >= 0.6 is 11.3 Å². The van der Waals surface area contributed by atoms with Crippen LogP contribution < -0.4 is 4.90 Å². The lowest BCUT2D eigenvalue weighted by molar-refractivity contribution is 1.30. The minimum Gasteiger partial charge on any atom is -0.309 e. The predicted molar refractivity (Wildman–Crippen MR) is 276 cm³/mol. The summed E-state index contributed by atoms with van der Waals surface area (Å²) in [4.78, 5) is 2.44. The van der Waals surface area contributed by atoms with E-state index in [1.807, 2.05) is 11.3 Å². The van der Waals surface area contributed by atoms with Gasteiger partial charge in [-0.15, -0.1) is 11.3 Å².